The Kier molecular flexibility index (Phi) is 3.45. The summed E-state index contributed by atoms with van der Waals surface area (Å²) < 4.78 is 1.84. The third kappa shape index (κ3) is 2.41. The number of nitrogens with zero attached hydrogens (tertiary/aromatic N) is 4. The van der Waals surface area contributed by atoms with Gasteiger partial charge in [-0.25, -0.2) is 9.67 Å². The van der Waals surface area contributed by atoms with Crippen molar-refractivity contribution < 1.29 is 4.79 Å². The van der Waals surface area contributed by atoms with E-state index in [1.165, 1.54) is 0 Å². The summed E-state index contributed by atoms with van der Waals surface area (Å²) in [6.45, 7) is 2.87. The van der Waals surface area contributed by atoms with E-state index in [0.29, 0.717) is 17.3 Å². The predicted octanol–water partition coefficient (Wildman–Crippen LogP) is 1.66. The van der Waals surface area contributed by atoms with Crippen LogP contribution in [0.1, 0.15) is 38.4 Å². The lowest BCUT2D eigenvalue weighted by Crippen LogP contribution is -2.31. The van der Waals surface area contributed by atoms with Crippen LogP contribution in [-0.2, 0) is 16.8 Å². The summed E-state index contributed by atoms with van der Waals surface area (Å²) in [6.07, 6.45) is 5.28. The number of hydrogen-bond donors (Lipinski definition) is 1. The first-order valence-electron chi connectivity index (χ1n) is 7.34. The Hall–Kier alpha value is -2.24. The number of hydrogen-bond acceptors (Lipinski definition) is 4. The molecule has 0 radical (unpaired) electrons. The summed E-state index contributed by atoms with van der Waals surface area (Å²) in [7, 11) is 0. The summed E-state index contributed by atoms with van der Waals surface area (Å²) in [4.78, 5) is 20.6. The van der Waals surface area contributed by atoms with Crippen molar-refractivity contribution in [2.45, 2.75) is 44.6 Å². The van der Waals surface area contributed by atoms with Crippen molar-refractivity contribution in [2.75, 3.05) is 0 Å². The van der Waals surface area contributed by atoms with Crippen LogP contribution in [0.2, 0.25) is 0 Å². The van der Waals surface area contributed by atoms with Crippen molar-refractivity contribution >= 4 is 5.91 Å². The highest BCUT2D eigenvalue weighted by Gasteiger charge is 2.54. The molecule has 1 aliphatic carbocycles. The van der Waals surface area contributed by atoms with Crippen LogP contribution in [0, 0.1) is 0 Å². The van der Waals surface area contributed by atoms with Crippen LogP contribution in [0.4, 0.5) is 0 Å². The molecule has 1 saturated carbocycles. The van der Waals surface area contributed by atoms with Gasteiger partial charge in [-0.3, -0.25) is 9.78 Å². The summed E-state index contributed by atoms with van der Waals surface area (Å²) in [5, 5.41) is 4.54. The van der Waals surface area contributed by atoms with Crippen molar-refractivity contribution in [1.82, 2.24) is 19.7 Å². The molecular formula is C15H19N5O. The van der Waals surface area contributed by atoms with Gasteiger partial charge in [0.25, 0.3) is 0 Å². The van der Waals surface area contributed by atoms with Gasteiger partial charge in [-0.1, -0.05) is 19.4 Å². The number of primary amides is 1. The number of carbonyl (C=O) groups excluding carboxylic acids is 1. The van der Waals surface area contributed by atoms with Gasteiger partial charge in [0, 0.05) is 12.7 Å². The van der Waals surface area contributed by atoms with E-state index in [-0.39, 0.29) is 5.91 Å². The lowest BCUT2D eigenvalue weighted by atomic mass is 10.1. The van der Waals surface area contributed by atoms with Gasteiger partial charge in [-0.2, -0.15) is 0 Å². The normalized spacial score (nSPS) is 15.9. The molecule has 1 amide bonds. The number of carbonyl (C=O) groups is 1. The maximum Gasteiger partial charge on any atom is 0.231 e. The number of aryl methyl sites for hydroxylation is 1. The van der Waals surface area contributed by atoms with Gasteiger partial charge in [0.2, 0.25) is 5.91 Å². The molecule has 6 heteroatoms. The molecular weight excluding hydrogens is 266 g/mol. The summed E-state index contributed by atoms with van der Waals surface area (Å²) >= 11 is 0. The molecule has 0 unspecified atom stereocenters. The largest absolute Gasteiger partial charge is 0.369 e. The number of pyridine rings is 1. The number of nitrogens with two attached hydrogens (primary N) is 1. The van der Waals surface area contributed by atoms with E-state index in [1.807, 2.05) is 22.9 Å². The van der Waals surface area contributed by atoms with Crippen molar-refractivity contribution in [1.29, 1.82) is 0 Å². The summed E-state index contributed by atoms with van der Waals surface area (Å²) in [6, 6.07) is 5.62. The second-order valence-electron chi connectivity index (χ2n) is 5.50. The van der Waals surface area contributed by atoms with Crippen LogP contribution in [0.15, 0.2) is 24.4 Å². The van der Waals surface area contributed by atoms with Crippen LogP contribution >= 0.6 is 0 Å². The number of unbranched alkanes of at least 4 members (excludes halogenated alkanes) is 1. The number of aromatic nitrogens is 4. The molecule has 1 fully saturated rings. The fourth-order valence-corrected chi connectivity index (χ4v) is 2.47. The van der Waals surface area contributed by atoms with Crippen molar-refractivity contribution in [3.05, 3.63) is 30.2 Å². The Morgan fingerprint density at radius 1 is 1.43 bits per heavy atom. The molecule has 2 aromatic heterocycles. The van der Waals surface area contributed by atoms with E-state index in [1.54, 1.807) is 6.20 Å². The topological polar surface area (TPSA) is 86.7 Å². The van der Waals surface area contributed by atoms with Gasteiger partial charge >= 0.3 is 0 Å². The third-order valence-electron chi connectivity index (χ3n) is 3.94. The van der Waals surface area contributed by atoms with Gasteiger partial charge in [-0.05, 0) is 31.4 Å². The first-order valence-corrected chi connectivity index (χ1v) is 7.34. The molecule has 6 nitrogen and oxygen atoms in total. The quantitative estimate of drug-likeness (QED) is 0.874. The van der Waals surface area contributed by atoms with Crippen LogP contribution < -0.4 is 5.73 Å². The van der Waals surface area contributed by atoms with E-state index in [0.717, 1.165) is 32.2 Å². The molecule has 0 atom stereocenters. The minimum atomic E-state index is -0.617. The minimum Gasteiger partial charge on any atom is -0.369 e. The SMILES string of the molecule is CCCCn1nc(-c2ccccn2)nc1C1(C(N)=O)CC1. The highest BCUT2D eigenvalue weighted by Crippen LogP contribution is 2.47. The molecule has 21 heavy (non-hydrogen) atoms. The highest BCUT2D eigenvalue weighted by molar-refractivity contribution is 5.89. The lowest BCUT2D eigenvalue weighted by Gasteiger charge is -2.11. The molecule has 0 spiro atoms. The van der Waals surface area contributed by atoms with Gasteiger partial charge < -0.3 is 5.73 Å². The van der Waals surface area contributed by atoms with E-state index >= 15 is 0 Å². The monoisotopic (exact) mass is 285 g/mol. The Bertz CT molecular complexity index is 645. The van der Waals surface area contributed by atoms with Crippen LogP contribution in [0.5, 0.6) is 0 Å². The average molecular weight is 285 g/mol. The van der Waals surface area contributed by atoms with Gasteiger partial charge in [0.15, 0.2) is 5.82 Å². The molecule has 110 valence electrons. The Morgan fingerprint density at radius 3 is 2.81 bits per heavy atom. The molecule has 3 rings (SSSR count). The highest BCUT2D eigenvalue weighted by atomic mass is 16.1. The second kappa shape index (κ2) is 5.27. The molecule has 0 aromatic carbocycles. The van der Waals surface area contributed by atoms with Gasteiger partial charge in [-0.15, -0.1) is 5.10 Å². The molecule has 2 N–H and O–H groups in total. The fourth-order valence-electron chi connectivity index (χ4n) is 2.47. The molecule has 0 aliphatic heterocycles. The zero-order valence-corrected chi connectivity index (χ0v) is 12.1. The van der Waals surface area contributed by atoms with Crippen molar-refractivity contribution in [2.24, 2.45) is 5.73 Å². The first kappa shape index (κ1) is 13.7. The van der Waals surface area contributed by atoms with Crippen LogP contribution in [0.25, 0.3) is 11.5 Å². The smallest absolute Gasteiger partial charge is 0.231 e. The Morgan fingerprint density at radius 2 is 2.24 bits per heavy atom. The van der Waals surface area contributed by atoms with E-state index < -0.39 is 5.41 Å². The zero-order chi connectivity index (χ0) is 14.9. The standard InChI is InChI=1S/C15H19N5O/c1-2-3-10-20-14(15(7-8-15)13(16)21)18-12(19-20)11-6-4-5-9-17-11/h4-6,9H,2-3,7-8,10H2,1H3,(H2,16,21). The second-order valence-corrected chi connectivity index (χ2v) is 5.50. The Balaban J connectivity index is 2.02. The van der Waals surface area contributed by atoms with Crippen LogP contribution in [-0.4, -0.2) is 25.7 Å². The fraction of sp³-hybridized carbons (Fsp3) is 0.467. The number of rotatable bonds is 6. The average Bonchev–Trinajstić information content (AvgIpc) is 3.21. The predicted molar refractivity (Wildman–Crippen MR) is 78.3 cm³/mol. The number of amides is 1. The Labute approximate surface area is 123 Å². The third-order valence-corrected chi connectivity index (χ3v) is 3.94. The van der Waals surface area contributed by atoms with Gasteiger partial charge in [0.05, 0.1) is 0 Å². The van der Waals surface area contributed by atoms with Gasteiger partial charge in [0.1, 0.15) is 16.9 Å². The van der Waals surface area contributed by atoms with Crippen LogP contribution in [0.3, 0.4) is 0 Å². The summed E-state index contributed by atoms with van der Waals surface area (Å²) in [5.41, 5.74) is 5.67. The lowest BCUT2D eigenvalue weighted by molar-refractivity contribution is -0.120. The minimum absolute atomic E-state index is 0.305. The maximum atomic E-state index is 11.8. The maximum absolute atomic E-state index is 11.8. The van der Waals surface area contributed by atoms with E-state index in [9.17, 15) is 4.79 Å². The molecule has 0 saturated heterocycles. The first-order chi connectivity index (χ1) is 10.2. The molecule has 2 aromatic rings. The molecule has 1 aliphatic rings. The molecule has 0 bridgehead atoms. The van der Waals surface area contributed by atoms with E-state index in [4.69, 9.17) is 5.73 Å². The molecule has 2 heterocycles. The van der Waals surface area contributed by atoms with E-state index in [2.05, 4.69) is 22.0 Å². The van der Waals surface area contributed by atoms with Crippen molar-refractivity contribution in [3.8, 4) is 11.5 Å². The zero-order valence-electron chi connectivity index (χ0n) is 12.1. The summed E-state index contributed by atoms with van der Waals surface area (Å²) in [5.74, 6) is 0.957. The van der Waals surface area contributed by atoms with Crippen molar-refractivity contribution in [3.63, 3.8) is 0 Å².